The molecule has 136 valence electrons. The van der Waals surface area contributed by atoms with Gasteiger partial charge in [0.2, 0.25) is 5.78 Å². The molecule has 0 fully saturated rings. The lowest BCUT2D eigenvalue weighted by Gasteiger charge is -2.15. The zero-order valence-electron chi connectivity index (χ0n) is 14.5. The van der Waals surface area contributed by atoms with Gasteiger partial charge < -0.3 is 10.4 Å². The van der Waals surface area contributed by atoms with Crippen molar-refractivity contribution in [2.24, 2.45) is 5.41 Å². The predicted molar refractivity (Wildman–Crippen MR) is 92.9 cm³/mol. The van der Waals surface area contributed by atoms with E-state index in [4.69, 9.17) is 10.4 Å². The molecule has 8 nitrogen and oxygen atoms in total. The highest BCUT2D eigenvalue weighted by Crippen LogP contribution is 2.34. The second kappa shape index (κ2) is 8.30. The number of thiophene rings is 1. The van der Waals surface area contributed by atoms with Crippen LogP contribution in [0.15, 0.2) is 11.8 Å². The highest BCUT2D eigenvalue weighted by molar-refractivity contribution is 7.18. The highest BCUT2D eigenvalue weighted by atomic mass is 32.1. The number of aliphatic hydroxyl groups excluding tert-OH is 1. The molecule has 0 spiro atoms. The predicted octanol–water partition coefficient (Wildman–Crippen LogP) is 2.64. The molecule has 9 heteroatoms. The maximum Gasteiger partial charge on any atom is 0.383 e. The highest BCUT2D eigenvalue weighted by Gasteiger charge is 2.27. The largest absolute Gasteiger partial charge is 0.462 e. The number of ketones is 2. The Labute approximate surface area is 153 Å². The minimum absolute atomic E-state index is 0.0475. The summed E-state index contributed by atoms with van der Waals surface area (Å²) in [5, 5.41) is 29.1. The minimum Gasteiger partial charge on any atom is -0.462 e. The molecule has 0 saturated carbocycles. The number of nitrogens with zero attached hydrogens (tertiary/aromatic N) is 1. The summed E-state index contributed by atoms with van der Waals surface area (Å²) in [5.41, 5.74) is -0.852. The molecule has 0 aliphatic carbocycles. The first-order valence-electron chi connectivity index (χ1n) is 7.18. The molecule has 0 amide bonds. The van der Waals surface area contributed by atoms with Crippen molar-refractivity contribution in [2.45, 2.75) is 27.7 Å². The number of hydrogen-bond acceptors (Lipinski definition) is 9. The molecule has 26 heavy (non-hydrogen) atoms. The Morgan fingerprint density at radius 3 is 2.38 bits per heavy atom. The number of Topliss-reactive ketones (excluding diaryl/α,β-unsaturated/α-hetero) is 2. The molecule has 3 N–H and O–H groups in total. The van der Waals surface area contributed by atoms with Gasteiger partial charge >= 0.3 is 5.97 Å². The molecule has 0 unspecified atom stereocenters. The SMILES string of the molecule is Cc1c(C(=O)OO)sc(N/C=C(/C#N)C(=O)C(C)(C)C)c1C(=O)C#CO. The van der Waals surface area contributed by atoms with Crippen LogP contribution in [0.2, 0.25) is 0 Å². The van der Waals surface area contributed by atoms with Crippen molar-refractivity contribution in [3.8, 4) is 18.1 Å². The van der Waals surface area contributed by atoms with Gasteiger partial charge in [0.1, 0.15) is 27.6 Å². The van der Waals surface area contributed by atoms with Gasteiger partial charge in [-0.1, -0.05) is 20.8 Å². The van der Waals surface area contributed by atoms with Gasteiger partial charge in [0.15, 0.2) is 5.78 Å². The van der Waals surface area contributed by atoms with E-state index >= 15 is 0 Å². The fraction of sp³-hybridized carbons (Fsp3) is 0.294. The van der Waals surface area contributed by atoms with Gasteiger partial charge in [0.25, 0.3) is 0 Å². The van der Waals surface area contributed by atoms with Gasteiger partial charge in [0.05, 0.1) is 5.56 Å². The van der Waals surface area contributed by atoms with E-state index < -0.39 is 23.0 Å². The van der Waals surface area contributed by atoms with Crippen LogP contribution in [0, 0.1) is 35.7 Å². The number of allylic oxidation sites excluding steroid dienone is 1. The van der Waals surface area contributed by atoms with Crippen LogP contribution in [0.3, 0.4) is 0 Å². The van der Waals surface area contributed by atoms with E-state index in [1.54, 1.807) is 26.8 Å². The quantitative estimate of drug-likeness (QED) is 0.178. The second-order valence-electron chi connectivity index (χ2n) is 6.10. The van der Waals surface area contributed by atoms with Crippen molar-refractivity contribution in [3.63, 3.8) is 0 Å². The van der Waals surface area contributed by atoms with Crippen LogP contribution in [0.4, 0.5) is 5.00 Å². The molecule has 1 aromatic heterocycles. The Morgan fingerprint density at radius 1 is 1.31 bits per heavy atom. The lowest BCUT2D eigenvalue weighted by molar-refractivity contribution is -0.182. The van der Waals surface area contributed by atoms with Crippen molar-refractivity contribution in [2.75, 3.05) is 5.32 Å². The number of anilines is 1. The summed E-state index contributed by atoms with van der Waals surface area (Å²) >= 11 is 0.763. The molecule has 1 heterocycles. The lowest BCUT2D eigenvalue weighted by atomic mass is 9.87. The fourth-order valence-corrected chi connectivity index (χ4v) is 2.97. The van der Waals surface area contributed by atoms with E-state index in [0.29, 0.717) is 0 Å². The lowest BCUT2D eigenvalue weighted by Crippen LogP contribution is -2.22. The Kier molecular flexibility index (Phi) is 6.67. The maximum atomic E-state index is 12.2. The normalized spacial score (nSPS) is 11.0. The van der Waals surface area contributed by atoms with Crippen LogP contribution in [0.25, 0.3) is 0 Å². The van der Waals surface area contributed by atoms with Crippen molar-refractivity contribution in [3.05, 3.63) is 27.8 Å². The van der Waals surface area contributed by atoms with Crippen LogP contribution in [-0.4, -0.2) is 27.9 Å². The van der Waals surface area contributed by atoms with Crippen LogP contribution in [-0.2, 0) is 9.68 Å². The molecule has 0 atom stereocenters. The molecule has 0 bridgehead atoms. The molecule has 0 aliphatic rings. The molecule has 0 aromatic carbocycles. The van der Waals surface area contributed by atoms with E-state index in [1.807, 2.05) is 5.92 Å². The number of carbonyl (C=O) groups excluding carboxylic acids is 3. The summed E-state index contributed by atoms with van der Waals surface area (Å²) in [6.07, 6.45) is 2.60. The Hall–Kier alpha value is -3.14. The zero-order chi connectivity index (χ0) is 20.1. The average molecular weight is 376 g/mol. The van der Waals surface area contributed by atoms with Crippen LogP contribution in [0.5, 0.6) is 0 Å². The molecule has 0 saturated heterocycles. The molecule has 0 radical (unpaired) electrons. The smallest absolute Gasteiger partial charge is 0.383 e. The molecule has 0 aliphatic heterocycles. The average Bonchev–Trinajstić information content (AvgIpc) is 2.90. The minimum atomic E-state index is -1.08. The van der Waals surface area contributed by atoms with Crippen molar-refractivity contribution in [1.82, 2.24) is 0 Å². The fourth-order valence-electron chi connectivity index (χ4n) is 1.93. The van der Waals surface area contributed by atoms with Crippen molar-refractivity contribution in [1.29, 1.82) is 5.26 Å². The first-order valence-corrected chi connectivity index (χ1v) is 8.00. The second-order valence-corrected chi connectivity index (χ2v) is 7.12. The van der Waals surface area contributed by atoms with Crippen LogP contribution in [0.1, 0.15) is 46.4 Å². The number of aliphatic hydroxyl groups is 1. The molecular weight excluding hydrogens is 360 g/mol. The summed E-state index contributed by atoms with van der Waals surface area (Å²) in [6, 6.07) is 1.78. The number of carbonyl (C=O) groups is 3. The summed E-state index contributed by atoms with van der Waals surface area (Å²) in [6.45, 7) is 6.38. The van der Waals surface area contributed by atoms with Gasteiger partial charge in [-0.2, -0.15) is 10.5 Å². The van der Waals surface area contributed by atoms with E-state index in [9.17, 15) is 19.6 Å². The van der Waals surface area contributed by atoms with E-state index in [1.165, 1.54) is 13.0 Å². The molecule has 1 aromatic rings. The Morgan fingerprint density at radius 2 is 1.92 bits per heavy atom. The van der Waals surface area contributed by atoms with Gasteiger partial charge in [-0.25, -0.2) is 4.79 Å². The number of nitrogens with one attached hydrogen (secondary N) is 1. The standard InChI is InChI=1S/C17H16N2O6S/c1-9-12(11(21)5-6-20)15(26-13(9)16(23)25-24)19-8-10(7-18)14(22)17(2,3)4/h8,19-20,24H,1-4H3/b10-8-. The van der Waals surface area contributed by atoms with Crippen molar-refractivity contribution >= 4 is 33.9 Å². The van der Waals surface area contributed by atoms with Crippen molar-refractivity contribution < 1.29 is 29.6 Å². The Bertz CT molecular complexity index is 887. The van der Waals surface area contributed by atoms with Crippen LogP contribution >= 0.6 is 11.3 Å². The molecular formula is C17H16N2O6S. The van der Waals surface area contributed by atoms with E-state index in [-0.39, 0.29) is 26.6 Å². The Balaban J connectivity index is 3.43. The summed E-state index contributed by atoms with van der Waals surface area (Å²) in [4.78, 5) is 39.5. The summed E-state index contributed by atoms with van der Waals surface area (Å²) in [5.74, 6) is -0.368. The molecule has 1 rings (SSSR count). The summed E-state index contributed by atoms with van der Waals surface area (Å²) in [7, 11) is 0. The summed E-state index contributed by atoms with van der Waals surface area (Å²) < 4.78 is 0. The number of hydrogen-bond donors (Lipinski definition) is 3. The third-order valence-electron chi connectivity index (χ3n) is 3.21. The van der Waals surface area contributed by atoms with Gasteiger partial charge in [-0.15, -0.1) is 11.3 Å². The first kappa shape index (κ1) is 20.9. The van der Waals surface area contributed by atoms with E-state index in [0.717, 1.165) is 17.5 Å². The monoisotopic (exact) mass is 376 g/mol. The van der Waals surface area contributed by atoms with Gasteiger partial charge in [-0.05, 0) is 12.5 Å². The third kappa shape index (κ3) is 4.48. The maximum absolute atomic E-state index is 12.2. The van der Waals surface area contributed by atoms with Gasteiger partial charge in [0, 0.05) is 17.5 Å². The third-order valence-corrected chi connectivity index (χ3v) is 4.41. The van der Waals surface area contributed by atoms with Crippen LogP contribution < -0.4 is 5.32 Å². The zero-order valence-corrected chi connectivity index (χ0v) is 15.3. The van der Waals surface area contributed by atoms with Gasteiger partial charge in [-0.3, -0.25) is 14.5 Å². The topological polar surface area (TPSA) is 137 Å². The number of rotatable bonds is 5. The first-order chi connectivity index (χ1) is 12.1. The number of nitriles is 1. The van der Waals surface area contributed by atoms with E-state index in [2.05, 4.69) is 10.2 Å².